The number of fused-ring (bicyclic) bond motifs is 2. The number of hydrogen-bond acceptors (Lipinski definition) is 7. The molecule has 0 saturated heterocycles. The highest BCUT2D eigenvalue weighted by molar-refractivity contribution is 6.04. The summed E-state index contributed by atoms with van der Waals surface area (Å²) in [6.45, 7) is 2.94. The number of nitrogens with two attached hydrogens (primary N) is 1. The SMILES string of the molecule is COCCc1c(C#Cc2cccc3cc(C(C)NC(=O)c4c(N)nn5c4NCC=C5)n(-c4ccccc4)c(=O)c23)cnn1C. The third-order valence-electron chi connectivity index (χ3n) is 7.62. The third kappa shape index (κ3) is 5.23. The lowest BCUT2D eigenvalue weighted by atomic mass is 10.0. The van der Waals surface area contributed by atoms with Crippen molar-refractivity contribution >= 4 is 34.5 Å². The number of carbonyl (C=O) groups is 1. The largest absolute Gasteiger partial charge is 0.384 e. The van der Waals surface area contributed by atoms with Gasteiger partial charge in [0.15, 0.2) is 5.82 Å². The van der Waals surface area contributed by atoms with Crippen molar-refractivity contribution in [2.45, 2.75) is 19.4 Å². The summed E-state index contributed by atoms with van der Waals surface area (Å²) in [6.07, 6.45) is 6.03. The molecule has 4 heterocycles. The second kappa shape index (κ2) is 11.9. The first-order chi connectivity index (χ1) is 21.4. The summed E-state index contributed by atoms with van der Waals surface area (Å²) in [7, 11) is 3.53. The zero-order valence-corrected chi connectivity index (χ0v) is 24.7. The number of methoxy groups -OCH3 is 1. The first kappa shape index (κ1) is 28.5. The molecule has 2 aromatic carbocycles. The number of ether oxygens (including phenoxy) is 1. The minimum absolute atomic E-state index is 0.116. The molecule has 0 fully saturated rings. The van der Waals surface area contributed by atoms with Crippen molar-refractivity contribution in [3.05, 3.63) is 105 Å². The number of amides is 1. The fourth-order valence-corrected chi connectivity index (χ4v) is 5.45. The number of hydrogen-bond donors (Lipinski definition) is 3. The maximum absolute atomic E-state index is 14.4. The van der Waals surface area contributed by atoms with Crippen LogP contribution in [0.1, 0.15) is 45.8 Å². The number of rotatable bonds is 7. The number of nitrogen functional groups attached to an aromatic ring is 1. The van der Waals surface area contributed by atoms with Crippen LogP contribution < -0.4 is 21.9 Å². The standard InChI is InChI=1S/C33H32N8O3/c1-21(37-32(42)29-30(34)38-40-17-8-16-35-31(29)40)27-19-23-10-7-9-22(13-14-24-20-36-39(2)26(24)15-18-44-3)28(23)33(43)41(27)25-11-5-4-6-12-25/h4-12,17,19-21,35H,15-16,18H2,1-3H3,(H2,34,38)(H,37,42). The Labute approximate surface area is 253 Å². The average Bonchev–Trinajstić information content (AvgIpc) is 3.56. The molecule has 1 atom stereocenters. The van der Waals surface area contributed by atoms with Crippen LogP contribution >= 0.6 is 0 Å². The molecular weight excluding hydrogens is 556 g/mol. The predicted molar refractivity (Wildman–Crippen MR) is 171 cm³/mol. The molecule has 3 aromatic heterocycles. The Balaban J connectivity index is 1.44. The van der Waals surface area contributed by atoms with Crippen molar-refractivity contribution < 1.29 is 9.53 Å². The Bertz CT molecular complexity index is 2030. The molecule has 4 N–H and O–H groups in total. The van der Waals surface area contributed by atoms with Gasteiger partial charge in [0.2, 0.25) is 0 Å². The zero-order valence-electron chi connectivity index (χ0n) is 24.7. The van der Waals surface area contributed by atoms with Crippen molar-refractivity contribution in [3.63, 3.8) is 0 Å². The second-order valence-electron chi connectivity index (χ2n) is 10.5. The van der Waals surface area contributed by atoms with E-state index in [2.05, 4.69) is 32.7 Å². The van der Waals surface area contributed by atoms with Gasteiger partial charge in [0.05, 0.1) is 35.5 Å². The molecule has 1 amide bonds. The molecule has 0 aliphatic carbocycles. The van der Waals surface area contributed by atoms with Gasteiger partial charge in [0.1, 0.15) is 11.4 Å². The topological polar surface area (TPSA) is 134 Å². The Morgan fingerprint density at radius 2 is 1.95 bits per heavy atom. The van der Waals surface area contributed by atoms with Gasteiger partial charge in [-0.3, -0.25) is 18.8 Å². The van der Waals surface area contributed by atoms with Crippen molar-refractivity contribution in [2.75, 3.05) is 31.3 Å². The van der Waals surface area contributed by atoms with Crippen molar-refractivity contribution in [1.29, 1.82) is 0 Å². The molecule has 0 bridgehead atoms. The van der Waals surface area contributed by atoms with Gasteiger partial charge in [-0.1, -0.05) is 42.2 Å². The fraction of sp³-hybridized carbons (Fsp3) is 0.212. The lowest BCUT2D eigenvalue weighted by molar-refractivity contribution is 0.0940. The molecule has 0 saturated carbocycles. The van der Waals surface area contributed by atoms with Crippen molar-refractivity contribution in [1.82, 2.24) is 29.4 Å². The molecule has 222 valence electrons. The average molecular weight is 589 g/mol. The van der Waals surface area contributed by atoms with Gasteiger partial charge in [-0.15, -0.1) is 5.10 Å². The minimum atomic E-state index is -0.567. The molecule has 0 radical (unpaired) electrons. The quantitative estimate of drug-likeness (QED) is 0.248. The van der Waals surface area contributed by atoms with E-state index >= 15 is 0 Å². The first-order valence-corrected chi connectivity index (χ1v) is 14.2. The molecule has 1 aliphatic rings. The summed E-state index contributed by atoms with van der Waals surface area (Å²) < 4.78 is 10.2. The lowest BCUT2D eigenvalue weighted by Gasteiger charge is -2.21. The lowest BCUT2D eigenvalue weighted by Crippen LogP contribution is -2.33. The van der Waals surface area contributed by atoms with Crippen LogP contribution in [0.3, 0.4) is 0 Å². The monoisotopic (exact) mass is 588 g/mol. The van der Waals surface area contributed by atoms with Gasteiger partial charge in [-0.25, -0.2) is 4.68 Å². The number of benzene rings is 2. The second-order valence-corrected chi connectivity index (χ2v) is 10.5. The van der Waals surface area contributed by atoms with Crippen molar-refractivity contribution in [2.24, 2.45) is 7.05 Å². The number of aryl methyl sites for hydroxylation is 1. The maximum Gasteiger partial charge on any atom is 0.264 e. The summed E-state index contributed by atoms with van der Waals surface area (Å²) in [5.74, 6) is 6.69. The number of pyridine rings is 1. The number of anilines is 2. The number of para-hydroxylation sites is 1. The van der Waals surface area contributed by atoms with Gasteiger partial charge in [0.25, 0.3) is 11.5 Å². The Morgan fingerprint density at radius 1 is 1.16 bits per heavy atom. The van der Waals surface area contributed by atoms with Crippen LogP contribution in [0.2, 0.25) is 0 Å². The normalized spacial score (nSPS) is 12.7. The first-order valence-electron chi connectivity index (χ1n) is 14.2. The van der Waals surface area contributed by atoms with E-state index < -0.39 is 11.9 Å². The van der Waals surface area contributed by atoms with Gasteiger partial charge < -0.3 is 21.1 Å². The Hall–Kier alpha value is -5.60. The van der Waals surface area contributed by atoms with E-state index in [4.69, 9.17) is 10.5 Å². The van der Waals surface area contributed by atoms with Crippen LogP contribution in [-0.4, -0.2) is 50.3 Å². The van der Waals surface area contributed by atoms with Gasteiger partial charge in [0, 0.05) is 50.3 Å². The fourth-order valence-electron chi connectivity index (χ4n) is 5.45. The molecule has 11 nitrogen and oxygen atoms in total. The summed E-state index contributed by atoms with van der Waals surface area (Å²) in [5.41, 5.74) is 9.76. The van der Waals surface area contributed by atoms with E-state index in [1.165, 1.54) is 0 Å². The summed E-state index contributed by atoms with van der Waals surface area (Å²) >= 11 is 0. The molecule has 44 heavy (non-hydrogen) atoms. The highest BCUT2D eigenvalue weighted by Gasteiger charge is 2.26. The van der Waals surface area contributed by atoms with E-state index in [9.17, 15) is 9.59 Å². The molecule has 6 rings (SSSR count). The van der Waals surface area contributed by atoms with Crippen LogP contribution in [0.5, 0.6) is 0 Å². The van der Waals surface area contributed by atoms with Crippen LogP contribution in [0.25, 0.3) is 22.7 Å². The zero-order chi connectivity index (χ0) is 30.8. The van der Waals surface area contributed by atoms with E-state index in [1.54, 1.807) is 33.4 Å². The minimum Gasteiger partial charge on any atom is -0.384 e. The molecule has 1 aliphatic heterocycles. The van der Waals surface area contributed by atoms with E-state index in [0.717, 1.165) is 11.3 Å². The highest BCUT2D eigenvalue weighted by Crippen LogP contribution is 2.27. The van der Waals surface area contributed by atoms with E-state index in [1.807, 2.05) is 74.6 Å². The molecule has 1 unspecified atom stereocenters. The molecule has 11 heteroatoms. The molecular formula is C33H32N8O3. The van der Waals surface area contributed by atoms with E-state index in [-0.39, 0.29) is 16.9 Å². The number of nitrogens with one attached hydrogen (secondary N) is 2. The maximum atomic E-state index is 14.4. The van der Waals surface area contributed by atoms with Crippen LogP contribution in [-0.2, 0) is 18.2 Å². The Kier molecular flexibility index (Phi) is 7.74. The van der Waals surface area contributed by atoms with Gasteiger partial charge in [-0.05, 0) is 42.7 Å². The number of carbonyl (C=O) groups excluding carboxylic acids is 1. The van der Waals surface area contributed by atoms with Crippen LogP contribution in [0.15, 0.2) is 71.7 Å². The van der Waals surface area contributed by atoms with E-state index in [0.29, 0.717) is 53.1 Å². The predicted octanol–water partition coefficient (Wildman–Crippen LogP) is 3.48. The summed E-state index contributed by atoms with van der Waals surface area (Å²) in [4.78, 5) is 27.9. The molecule has 0 spiro atoms. The smallest absolute Gasteiger partial charge is 0.264 e. The van der Waals surface area contributed by atoms with Gasteiger partial charge >= 0.3 is 0 Å². The number of aromatic nitrogens is 5. The Morgan fingerprint density at radius 3 is 2.75 bits per heavy atom. The van der Waals surface area contributed by atoms with Crippen LogP contribution in [0, 0.1) is 11.8 Å². The number of nitrogens with zero attached hydrogens (tertiary/aromatic N) is 5. The highest BCUT2D eigenvalue weighted by atomic mass is 16.5. The molecule has 5 aromatic rings. The summed E-state index contributed by atoms with van der Waals surface area (Å²) in [6, 6.07) is 16.3. The van der Waals surface area contributed by atoms with Gasteiger partial charge in [-0.2, -0.15) is 5.10 Å². The third-order valence-corrected chi connectivity index (χ3v) is 7.62. The van der Waals surface area contributed by atoms with Crippen molar-refractivity contribution in [3.8, 4) is 17.5 Å². The van der Waals surface area contributed by atoms with Crippen LogP contribution in [0.4, 0.5) is 11.6 Å². The summed E-state index contributed by atoms with van der Waals surface area (Å²) in [5, 5.41) is 16.0.